The van der Waals surface area contributed by atoms with Gasteiger partial charge in [0, 0.05) is 11.3 Å². The van der Waals surface area contributed by atoms with E-state index in [9.17, 15) is 0 Å². The SMILES string of the molecule is Nc1ccccc1-c1ccccc1-c1cccc2ccccc12. The molecule has 23 heavy (non-hydrogen) atoms. The van der Waals surface area contributed by atoms with Crippen molar-refractivity contribution in [2.45, 2.75) is 0 Å². The molecule has 110 valence electrons. The van der Waals surface area contributed by atoms with E-state index in [4.69, 9.17) is 5.73 Å². The van der Waals surface area contributed by atoms with Crippen LogP contribution in [0.25, 0.3) is 33.0 Å². The summed E-state index contributed by atoms with van der Waals surface area (Å²) in [5.74, 6) is 0. The van der Waals surface area contributed by atoms with Gasteiger partial charge in [-0.25, -0.2) is 0 Å². The van der Waals surface area contributed by atoms with E-state index in [0.717, 1.165) is 11.3 Å². The lowest BCUT2D eigenvalue weighted by Gasteiger charge is -2.14. The number of anilines is 1. The van der Waals surface area contributed by atoms with Gasteiger partial charge in [-0.05, 0) is 33.5 Å². The second-order valence-electron chi connectivity index (χ2n) is 5.66. The van der Waals surface area contributed by atoms with Gasteiger partial charge in [0.2, 0.25) is 0 Å². The van der Waals surface area contributed by atoms with Crippen molar-refractivity contribution in [3.63, 3.8) is 0 Å². The van der Waals surface area contributed by atoms with E-state index in [0.29, 0.717) is 0 Å². The maximum Gasteiger partial charge on any atom is 0.0393 e. The quantitative estimate of drug-likeness (QED) is 0.468. The molecule has 0 aliphatic heterocycles. The predicted molar refractivity (Wildman–Crippen MR) is 99.2 cm³/mol. The summed E-state index contributed by atoms with van der Waals surface area (Å²) in [5, 5.41) is 2.51. The van der Waals surface area contributed by atoms with Crippen LogP contribution in [0.1, 0.15) is 0 Å². The Morgan fingerprint density at radius 3 is 1.74 bits per heavy atom. The highest BCUT2D eigenvalue weighted by Crippen LogP contribution is 2.37. The third-order valence-corrected chi connectivity index (χ3v) is 4.26. The van der Waals surface area contributed by atoms with Crippen LogP contribution in [0.5, 0.6) is 0 Å². The molecule has 0 saturated carbocycles. The summed E-state index contributed by atoms with van der Waals surface area (Å²) in [6, 6.07) is 31.4. The maximum absolute atomic E-state index is 6.21. The summed E-state index contributed by atoms with van der Waals surface area (Å²) < 4.78 is 0. The summed E-state index contributed by atoms with van der Waals surface area (Å²) in [6.07, 6.45) is 0. The first kappa shape index (κ1) is 13.6. The molecule has 0 saturated heterocycles. The molecule has 0 bridgehead atoms. The molecular formula is C22H17N. The van der Waals surface area contributed by atoms with Crippen LogP contribution in [0.15, 0.2) is 91.0 Å². The molecule has 0 heterocycles. The van der Waals surface area contributed by atoms with Gasteiger partial charge in [0.1, 0.15) is 0 Å². The summed E-state index contributed by atoms with van der Waals surface area (Å²) in [5.41, 5.74) is 11.7. The first-order valence-electron chi connectivity index (χ1n) is 7.76. The van der Waals surface area contributed by atoms with Gasteiger partial charge in [0.25, 0.3) is 0 Å². The minimum absolute atomic E-state index is 0.806. The lowest BCUT2D eigenvalue weighted by Crippen LogP contribution is -1.92. The Balaban J connectivity index is 2.02. The molecule has 0 amide bonds. The van der Waals surface area contributed by atoms with Crippen LogP contribution in [-0.4, -0.2) is 0 Å². The van der Waals surface area contributed by atoms with E-state index in [1.807, 2.05) is 18.2 Å². The monoisotopic (exact) mass is 295 g/mol. The zero-order chi connectivity index (χ0) is 15.6. The average molecular weight is 295 g/mol. The van der Waals surface area contributed by atoms with Crippen molar-refractivity contribution < 1.29 is 0 Å². The van der Waals surface area contributed by atoms with Gasteiger partial charge in [0.05, 0.1) is 0 Å². The molecule has 1 heteroatoms. The molecule has 0 spiro atoms. The van der Waals surface area contributed by atoms with Gasteiger partial charge in [-0.2, -0.15) is 0 Å². The van der Waals surface area contributed by atoms with Crippen molar-refractivity contribution in [2.24, 2.45) is 0 Å². The Labute approximate surface area is 136 Å². The van der Waals surface area contributed by atoms with Crippen LogP contribution in [0.3, 0.4) is 0 Å². The summed E-state index contributed by atoms with van der Waals surface area (Å²) in [7, 11) is 0. The van der Waals surface area contributed by atoms with Crippen LogP contribution >= 0.6 is 0 Å². The van der Waals surface area contributed by atoms with E-state index in [-0.39, 0.29) is 0 Å². The number of para-hydroxylation sites is 1. The van der Waals surface area contributed by atoms with E-state index >= 15 is 0 Å². The van der Waals surface area contributed by atoms with Crippen molar-refractivity contribution >= 4 is 16.5 Å². The molecule has 0 unspecified atom stereocenters. The summed E-state index contributed by atoms with van der Waals surface area (Å²) >= 11 is 0. The minimum Gasteiger partial charge on any atom is -0.398 e. The number of hydrogen-bond acceptors (Lipinski definition) is 1. The molecule has 1 nitrogen and oxygen atoms in total. The van der Waals surface area contributed by atoms with Gasteiger partial charge in [-0.3, -0.25) is 0 Å². The van der Waals surface area contributed by atoms with Crippen molar-refractivity contribution in [2.75, 3.05) is 5.73 Å². The lowest BCUT2D eigenvalue weighted by atomic mass is 9.91. The highest BCUT2D eigenvalue weighted by Gasteiger charge is 2.11. The fourth-order valence-corrected chi connectivity index (χ4v) is 3.16. The normalized spacial score (nSPS) is 10.8. The van der Waals surface area contributed by atoms with Crippen molar-refractivity contribution in [3.05, 3.63) is 91.0 Å². The zero-order valence-corrected chi connectivity index (χ0v) is 12.7. The largest absolute Gasteiger partial charge is 0.398 e. The summed E-state index contributed by atoms with van der Waals surface area (Å²) in [6.45, 7) is 0. The summed E-state index contributed by atoms with van der Waals surface area (Å²) in [4.78, 5) is 0. The average Bonchev–Trinajstić information content (AvgIpc) is 2.62. The van der Waals surface area contributed by atoms with Crippen LogP contribution < -0.4 is 5.73 Å². The maximum atomic E-state index is 6.21. The van der Waals surface area contributed by atoms with Crippen LogP contribution in [0.2, 0.25) is 0 Å². The van der Waals surface area contributed by atoms with Crippen molar-refractivity contribution in [1.82, 2.24) is 0 Å². The minimum atomic E-state index is 0.806. The third kappa shape index (κ3) is 2.36. The Bertz CT molecular complexity index is 980. The molecule has 0 aliphatic rings. The molecule has 0 radical (unpaired) electrons. The van der Waals surface area contributed by atoms with Gasteiger partial charge in [0.15, 0.2) is 0 Å². The van der Waals surface area contributed by atoms with E-state index < -0.39 is 0 Å². The third-order valence-electron chi connectivity index (χ3n) is 4.26. The number of fused-ring (bicyclic) bond motifs is 1. The predicted octanol–water partition coefficient (Wildman–Crippen LogP) is 5.76. The number of hydrogen-bond donors (Lipinski definition) is 1. The van der Waals surface area contributed by atoms with E-state index in [1.165, 1.54) is 27.5 Å². The fraction of sp³-hybridized carbons (Fsp3) is 0. The smallest absolute Gasteiger partial charge is 0.0393 e. The standard InChI is InChI=1S/C22H17N/c23-22-15-6-5-13-21(22)20-12-4-3-11-19(20)18-14-7-9-16-8-1-2-10-17(16)18/h1-15H,23H2. The van der Waals surface area contributed by atoms with Crippen LogP contribution in [-0.2, 0) is 0 Å². The van der Waals surface area contributed by atoms with Gasteiger partial charge in [-0.1, -0.05) is 84.9 Å². The van der Waals surface area contributed by atoms with Crippen molar-refractivity contribution in [1.29, 1.82) is 0 Å². The number of nitrogen functional groups attached to an aromatic ring is 1. The van der Waals surface area contributed by atoms with Gasteiger partial charge in [-0.15, -0.1) is 0 Å². The second-order valence-corrected chi connectivity index (χ2v) is 5.66. The number of rotatable bonds is 2. The lowest BCUT2D eigenvalue weighted by molar-refractivity contribution is 1.59. The molecule has 0 atom stereocenters. The molecule has 4 rings (SSSR count). The Morgan fingerprint density at radius 1 is 0.435 bits per heavy atom. The van der Waals surface area contributed by atoms with Gasteiger partial charge < -0.3 is 5.73 Å². The first-order valence-corrected chi connectivity index (χ1v) is 7.76. The molecule has 4 aromatic rings. The van der Waals surface area contributed by atoms with Gasteiger partial charge >= 0.3 is 0 Å². The topological polar surface area (TPSA) is 26.0 Å². The van der Waals surface area contributed by atoms with E-state index in [1.54, 1.807) is 0 Å². The van der Waals surface area contributed by atoms with Crippen molar-refractivity contribution in [3.8, 4) is 22.3 Å². The van der Waals surface area contributed by atoms with Crippen LogP contribution in [0.4, 0.5) is 5.69 Å². The molecule has 4 aromatic carbocycles. The molecule has 0 fully saturated rings. The number of benzene rings is 4. The molecule has 0 aliphatic carbocycles. The Morgan fingerprint density at radius 2 is 0.957 bits per heavy atom. The Hall–Kier alpha value is -3.06. The highest BCUT2D eigenvalue weighted by atomic mass is 14.6. The zero-order valence-electron chi connectivity index (χ0n) is 12.7. The molecular weight excluding hydrogens is 278 g/mol. The van der Waals surface area contributed by atoms with Crippen LogP contribution in [0, 0.1) is 0 Å². The molecule has 0 aromatic heterocycles. The molecule has 2 N–H and O–H groups in total. The number of nitrogens with two attached hydrogens (primary N) is 1. The Kier molecular flexibility index (Phi) is 3.32. The second kappa shape index (κ2) is 5.62. The first-order chi connectivity index (χ1) is 11.3. The van der Waals surface area contributed by atoms with E-state index in [2.05, 4.69) is 72.8 Å². The highest BCUT2D eigenvalue weighted by molar-refractivity contribution is 6.01. The fourth-order valence-electron chi connectivity index (χ4n) is 3.16.